The highest BCUT2D eigenvalue weighted by atomic mass is 14.8. The second-order valence-electron chi connectivity index (χ2n) is 5.55. The van der Waals surface area contributed by atoms with Gasteiger partial charge in [0.25, 0.3) is 0 Å². The van der Waals surface area contributed by atoms with Crippen LogP contribution in [-0.2, 0) is 0 Å². The van der Waals surface area contributed by atoms with E-state index in [9.17, 15) is 0 Å². The standard InChI is InChI=1S/C15H27N/c1-5-7-14-10-13(12(3)4)8-9-15(14)11-16-6-2/h1,12-16H,6-11H2,2-4H3. The van der Waals surface area contributed by atoms with Crippen LogP contribution in [0.3, 0.4) is 0 Å². The van der Waals surface area contributed by atoms with E-state index in [1.54, 1.807) is 0 Å². The minimum absolute atomic E-state index is 0.755. The molecule has 1 saturated carbocycles. The molecule has 1 nitrogen and oxygen atoms in total. The molecule has 0 heterocycles. The van der Waals surface area contributed by atoms with Crippen LogP contribution in [0.15, 0.2) is 0 Å². The van der Waals surface area contributed by atoms with Crippen molar-refractivity contribution < 1.29 is 0 Å². The molecule has 0 aromatic rings. The van der Waals surface area contributed by atoms with Gasteiger partial charge in [0.15, 0.2) is 0 Å². The highest BCUT2D eigenvalue weighted by Crippen LogP contribution is 2.38. The Morgan fingerprint density at radius 1 is 1.31 bits per heavy atom. The summed E-state index contributed by atoms with van der Waals surface area (Å²) in [4.78, 5) is 0. The van der Waals surface area contributed by atoms with Crippen molar-refractivity contribution in [3.05, 3.63) is 0 Å². The molecule has 0 amide bonds. The third kappa shape index (κ3) is 3.83. The molecule has 0 saturated heterocycles. The first-order valence-corrected chi connectivity index (χ1v) is 6.83. The summed E-state index contributed by atoms with van der Waals surface area (Å²) in [6.07, 6.45) is 10.6. The quantitative estimate of drug-likeness (QED) is 0.702. The van der Waals surface area contributed by atoms with E-state index >= 15 is 0 Å². The molecule has 0 aromatic heterocycles. The zero-order valence-electron chi connectivity index (χ0n) is 11.1. The van der Waals surface area contributed by atoms with E-state index in [0.29, 0.717) is 0 Å². The van der Waals surface area contributed by atoms with Gasteiger partial charge >= 0.3 is 0 Å². The first-order chi connectivity index (χ1) is 7.69. The molecule has 1 N–H and O–H groups in total. The fourth-order valence-electron chi connectivity index (χ4n) is 2.97. The van der Waals surface area contributed by atoms with Crippen molar-refractivity contribution in [2.75, 3.05) is 13.1 Å². The van der Waals surface area contributed by atoms with Crippen molar-refractivity contribution in [3.8, 4) is 12.3 Å². The van der Waals surface area contributed by atoms with Gasteiger partial charge in [0.05, 0.1) is 0 Å². The maximum Gasteiger partial charge on any atom is 0.0118 e. The summed E-state index contributed by atoms with van der Waals surface area (Å²) in [5, 5.41) is 3.48. The van der Waals surface area contributed by atoms with Gasteiger partial charge in [-0.25, -0.2) is 0 Å². The lowest BCUT2D eigenvalue weighted by atomic mass is 9.69. The highest BCUT2D eigenvalue weighted by Gasteiger charge is 2.30. The van der Waals surface area contributed by atoms with E-state index in [2.05, 4.69) is 32.0 Å². The van der Waals surface area contributed by atoms with Crippen LogP contribution in [0, 0.1) is 36.0 Å². The van der Waals surface area contributed by atoms with Crippen molar-refractivity contribution in [2.24, 2.45) is 23.7 Å². The summed E-state index contributed by atoms with van der Waals surface area (Å²) >= 11 is 0. The Morgan fingerprint density at radius 3 is 2.62 bits per heavy atom. The second kappa shape index (κ2) is 6.97. The molecule has 1 aliphatic rings. The third-order valence-corrected chi connectivity index (χ3v) is 4.16. The number of hydrogen-bond acceptors (Lipinski definition) is 1. The maximum atomic E-state index is 5.50. The van der Waals surface area contributed by atoms with Crippen LogP contribution < -0.4 is 5.32 Å². The van der Waals surface area contributed by atoms with E-state index in [1.807, 2.05) is 0 Å². The minimum Gasteiger partial charge on any atom is -0.317 e. The van der Waals surface area contributed by atoms with E-state index in [1.165, 1.54) is 19.3 Å². The maximum absolute atomic E-state index is 5.50. The molecule has 0 bridgehead atoms. The predicted octanol–water partition coefficient (Wildman–Crippen LogP) is 3.31. The van der Waals surface area contributed by atoms with Gasteiger partial charge < -0.3 is 5.32 Å². The third-order valence-electron chi connectivity index (χ3n) is 4.16. The molecule has 0 aromatic carbocycles. The van der Waals surface area contributed by atoms with E-state index in [0.717, 1.165) is 43.2 Å². The van der Waals surface area contributed by atoms with Crippen molar-refractivity contribution in [1.82, 2.24) is 5.32 Å². The van der Waals surface area contributed by atoms with Gasteiger partial charge in [-0.2, -0.15) is 0 Å². The first-order valence-electron chi connectivity index (χ1n) is 6.83. The summed E-state index contributed by atoms with van der Waals surface area (Å²) in [5.74, 6) is 6.16. The normalized spacial score (nSPS) is 30.3. The molecule has 1 heteroatoms. The molecule has 0 radical (unpaired) electrons. The Hall–Kier alpha value is -0.480. The first kappa shape index (κ1) is 13.6. The monoisotopic (exact) mass is 221 g/mol. The summed E-state index contributed by atoms with van der Waals surface area (Å²) in [7, 11) is 0. The smallest absolute Gasteiger partial charge is 0.0118 e. The van der Waals surface area contributed by atoms with Crippen molar-refractivity contribution in [3.63, 3.8) is 0 Å². The molecule has 1 aliphatic carbocycles. The zero-order valence-corrected chi connectivity index (χ0v) is 11.1. The van der Waals surface area contributed by atoms with Gasteiger partial charge in [-0.15, -0.1) is 12.3 Å². The Balaban J connectivity index is 2.50. The number of nitrogens with one attached hydrogen (secondary N) is 1. The topological polar surface area (TPSA) is 12.0 Å². The highest BCUT2D eigenvalue weighted by molar-refractivity contribution is 4.92. The molecule has 1 fully saturated rings. The summed E-state index contributed by atoms with van der Waals surface area (Å²) in [6.45, 7) is 9.11. The lowest BCUT2D eigenvalue weighted by molar-refractivity contribution is 0.148. The van der Waals surface area contributed by atoms with Gasteiger partial charge in [0, 0.05) is 6.42 Å². The van der Waals surface area contributed by atoms with Crippen LogP contribution in [0.4, 0.5) is 0 Å². The Morgan fingerprint density at radius 2 is 2.06 bits per heavy atom. The van der Waals surface area contributed by atoms with Gasteiger partial charge in [0.1, 0.15) is 0 Å². The van der Waals surface area contributed by atoms with Crippen LogP contribution in [0.1, 0.15) is 46.5 Å². The van der Waals surface area contributed by atoms with Crippen molar-refractivity contribution in [2.45, 2.75) is 46.5 Å². The van der Waals surface area contributed by atoms with Gasteiger partial charge in [-0.05, 0) is 56.0 Å². The lowest BCUT2D eigenvalue weighted by Crippen LogP contribution is -2.34. The fourth-order valence-corrected chi connectivity index (χ4v) is 2.97. The number of rotatable bonds is 5. The average molecular weight is 221 g/mol. The largest absolute Gasteiger partial charge is 0.317 e. The van der Waals surface area contributed by atoms with Crippen LogP contribution in [0.5, 0.6) is 0 Å². The summed E-state index contributed by atoms with van der Waals surface area (Å²) < 4.78 is 0. The number of hydrogen-bond donors (Lipinski definition) is 1. The minimum atomic E-state index is 0.755. The average Bonchev–Trinajstić information content (AvgIpc) is 2.27. The van der Waals surface area contributed by atoms with Crippen LogP contribution >= 0.6 is 0 Å². The Kier molecular flexibility index (Phi) is 5.91. The molecule has 16 heavy (non-hydrogen) atoms. The molecule has 3 unspecified atom stereocenters. The van der Waals surface area contributed by atoms with Crippen LogP contribution in [0.25, 0.3) is 0 Å². The molecule has 92 valence electrons. The molecule has 0 aliphatic heterocycles. The van der Waals surface area contributed by atoms with Crippen LogP contribution in [-0.4, -0.2) is 13.1 Å². The zero-order chi connectivity index (χ0) is 12.0. The van der Waals surface area contributed by atoms with E-state index in [4.69, 9.17) is 6.42 Å². The second-order valence-corrected chi connectivity index (χ2v) is 5.55. The van der Waals surface area contributed by atoms with Crippen molar-refractivity contribution in [1.29, 1.82) is 0 Å². The van der Waals surface area contributed by atoms with E-state index < -0.39 is 0 Å². The SMILES string of the molecule is C#CCC1CC(C(C)C)CCC1CNCC. The summed E-state index contributed by atoms with van der Waals surface area (Å²) in [6, 6.07) is 0. The lowest BCUT2D eigenvalue weighted by Gasteiger charge is -2.37. The Labute approximate surface area is 101 Å². The van der Waals surface area contributed by atoms with Crippen LogP contribution in [0.2, 0.25) is 0 Å². The van der Waals surface area contributed by atoms with E-state index in [-0.39, 0.29) is 0 Å². The molecular weight excluding hydrogens is 194 g/mol. The predicted molar refractivity (Wildman–Crippen MR) is 71.2 cm³/mol. The van der Waals surface area contributed by atoms with Gasteiger partial charge in [-0.1, -0.05) is 20.8 Å². The van der Waals surface area contributed by atoms with Crippen molar-refractivity contribution >= 4 is 0 Å². The Bertz CT molecular complexity index is 226. The van der Waals surface area contributed by atoms with Gasteiger partial charge in [0.2, 0.25) is 0 Å². The molecule has 0 spiro atoms. The van der Waals surface area contributed by atoms with Gasteiger partial charge in [-0.3, -0.25) is 0 Å². The fraction of sp³-hybridized carbons (Fsp3) is 0.867. The molecule has 1 rings (SSSR count). The molecular formula is C15H27N. The number of terminal acetylenes is 1. The summed E-state index contributed by atoms with van der Waals surface area (Å²) in [5.41, 5.74) is 0. The molecule has 3 atom stereocenters.